The van der Waals surface area contributed by atoms with E-state index in [9.17, 15) is 4.79 Å². The van der Waals surface area contributed by atoms with E-state index in [4.69, 9.17) is 9.47 Å². The summed E-state index contributed by atoms with van der Waals surface area (Å²) in [6.07, 6.45) is 3.21. The summed E-state index contributed by atoms with van der Waals surface area (Å²) in [5.41, 5.74) is 5.89. The van der Waals surface area contributed by atoms with Crippen LogP contribution in [0.3, 0.4) is 0 Å². The van der Waals surface area contributed by atoms with Crippen molar-refractivity contribution in [1.82, 2.24) is 15.2 Å². The molecule has 1 fully saturated rings. The fraction of sp³-hybridized carbons (Fsp3) is 0.280. The number of nitrogens with zero attached hydrogens (tertiary/aromatic N) is 2. The minimum absolute atomic E-state index is 0.00293. The SMILES string of the molecule is COc1cncc(C2CN(C(=O)OCC3c4ccccc4-c4ccccc43)CCN2)c1. The monoisotopic (exact) mass is 415 g/mol. The normalized spacial score (nSPS) is 17.7. The average molecular weight is 415 g/mol. The molecule has 3 aromatic rings. The Morgan fingerprint density at radius 3 is 2.52 bits per heavy atom. The number of hydrogen-bond acceptors (Lipinski definition) is 5. The van der Waals surface area contributed by atoms with Crippen LogP contribution < -0.4 is 10.1 Å². The van der Waals surface area contributed by atoms with E-state index in [1.54, 1.807) is 24.4 Å². The highest BCUT2D eigenvalue weighted by Crippen LogP contribution is 2.44. The predicted octanol–water partition coefficient (Wildman–Crippen LogP) is 3.99. The van der Waals surface area contributed by atoms with E-state index in [2.05, 4.69) is 46.7 Å². The number of nitrogens with one attached hydrogen (secondary N) is 1. The molecule has 0 spiro atoms. The molecule has 1 aliphatic carbocycles. The molecule has 0 saturated carbocycles. The Morgan fingerprint density at radius 1 is 1.10 bits per heavy atom. The molecule has 1 N–H and O–H groups in total. The third-order valence-corrected chi connectivity index (χ3v) is 6.14. The fourth-order valence-electron chi connectivity index (χ4n) is 4.56. The van der Waals surface area contributed by atoms with Gasteiger partial charge in [-0.2, -0.15) is 0 Å². The second-order valence-corrected chi connectivity index (χ2v) is 7.91. The summed E-state index contributed by atoms with van der Waals surface area (Å²) in [4.78, 5) is 18.9. The third kappa shape index (κ3) is 3.75. The Kier molecular flexibility index (Phi) is 5.30. The van der Waals surface area contributed by atoms with Gasteiger partial charge in [0.05, 0.1) is 19.3 Å². The maximum Gasteiger partial charge on any atom is 0.409 e. The highest BCUT2D eigenvalue weighted by molar-refractivity contribution is 5.79. The Hall–Kier alpha value is -3.38. The predicted molar refractivity (Wildman–Crippen MR) is 118 cm³/mol. The van der Waals surface area contributed by atoms with Crippen LogP contribution in [-0.4, -0.2) is 49.3 Å². The van der Waals surface area contributed by atoms with Gasteiger partial charge in [0.25, 0.3) is 0 Å². The van der Waals surface area contributed by atoms with Crippen molar-refractivity contribution in [1.29, 1.82) is 0 Å². The molecule has 2 aromatic carbocycles. The zero-order valence-corrected chi connectivity index (χ0v) is 17.5. The second kappa shape index (κ2) is 8.40. The first kappa shape index (κ1) is 19.6. The van der Waals surface area contributed by atoms with E-state index in [1.807, 2.05) is 18.2 Å². The molecule has 1 aliphatic heterocycles. The smallest absolute Gasteiger partial charge is 0.409 e. The first-order valence-corrected chi connectivity index (χ1v) is 10.6. The van der Waals surface area contributed by atoms with Crippen LogP contribution in [-0.2, 0) is 4.74 Å². The molecule has 1 unspecified atom stereocenters. The molecule has 0 bridgehead atoms. The van der Waals surface area contributed by atoms with Gasteiger partial charge in [-0.25, -0.2) is 4.79 Å². The average Bonchev–Trinajstić information content (AvgIpc) is 3.16. The lowest BCUT2D eigenvalue weighted by atomic mass is 9.98. The van der Waals surface area contributed by atoms with Crippen LogP contribution in [0.25, 0.3) is 11.1 Å². The number of amides is 1. The zero-order valence-electron chi connectivity index (χ0n) is 17.5. The molecule has 5 rings (SSSR count). The number of aromatic nitrogens is 1. The number of benzene rings is 2. The van der Waals surface area contributed by atoms with Crippen molar-refractivity contribution in [2.24, 2.45) is 0 Å². The van der Waals surface area contributed by atoms with Gasteiger partial charge in [-0.15, -0.1) is 0 Å². The molecule has 1 aromatic heterocycles. The number of methoxy groups -OCH3 is 1. The van der Waals surface area contributed by atoms with Gasteiger partial charge in [-0.1, -0.05) is 48.5 Å². The highest BCUT2D eigenvalue weighted by Gasteiger charge is 2.31. The van der Waals surface area contributed by atoms with Gasteiger partial charge in [0.15, 0.2) is 0 Å². The van der Waals surface area contributed by atoms with E-state index in [0.29, 0.717) is 32.0 Å². The molecule has 1 atom stereocenters. The number of fused-ring (bicyclic) bond motifs is 3. The summed E-state index contributed by atoms with van der Waals surface area (Å²) in [6.45, 7) is 2.18. The summed E-state index contributed by atoms with van der Waals surface area (Å²) in [7, 11) is 1.62. The first-order valence-electron chi connectivity index (χ1n) is 10.6. The number of hydrogen-bond donors (Lipinski definition) is 1. The van der Waals surface area contributed by atoms with Crippen LogP contribution in [0.15, 0.2) is 67.0 Å². The van der Waals surface area contributed by atoms with E-state index >= 15 is 0 Å². The van der Waals surface area contributed by atoms with Crippen molar-refractivity contribution in [3.05, 3.63) is 83.7 Å². The molecular weight excluding hydrogens is 390 g/mol. The summed E-state index contributed by atoms with van der Waals surface area (Å²) in [6, 6.07) is 18.7. The molecule has 2 heterocycles. The zero-order chi connectivity index (χ0) is 21.2. The van der Waals surface area contributed by atoms with E-state index in [0.717, 1.165) is 5.56 Å². The third-order valence-electron chi connectivity index (χ3n) is 6.14. The van der Waals surface area contributed by atoms with Crippen molar-refractivity contribution >= 4 is 6.09 Å². The number of carbonyl (C=O) groups excluding carboxylic acids is 1. The topological polar surface area (TPSA) is 63.7 Å². The van der Waals surface area contributed by atoms with Gasteiger partial charge in [0, 0.05) is 31.7 Å². The Labute approximate surface area is 181 Å². The van der Waals surface area contributed by atoms with Crippen LogP contribution >= 0.6 is 0 Å². The Morgan fingerprint density at radius 2 is 1.81 bits per heavy atom. The highest BCUT2D eigenvalue weighted by atomic mass is 16.6. The van der Waals surface area contributed by atoms with Crippen LogP contribution in [0, 0.1) is 0 Å². The molecule has 0 radical (unpaired) electrons. The van der Waals surface area contributed by atoms with Crippen LogP contribution in [0.5, 0.6) is 5.75 Å². The van der Waals surface area contributed by atoms with E-state index in [-0.39, 0.29) is 18.1 Å². The molecular formula is C25H25N3O3. The van der Waals surface area contributed by atoms with Gasteiger partial charge in [0.1, 0.15) is 12.4 Å². The Bertz CT molecular complexity index is 1060. The van der Waals surface area contributed by atoms with Crippen LogP contribution in [0.1, 0.15) is 28.7 Å². The number of piperazine rings is 1. The second-order valence-electron chi connectivity index (χ2n) is 7.91. The minimum atomic E-state index is -0.274. The van der Waals surface area contributed by atoms with E-state index in [1.165, 1.54) is 22.3 Å². The lowest BCUT2D eigenvalue weighted by Gasteiger charge is -2.33. The van der Waals surface area contributed by atoms with E-state index < -0.39 is 0 Å². The van der Waals surface area contributed by atoms with Gasteiger partial charge in [-0.05, 0) is 33.9 Å². The lowest BCUT2D eigenvalue weighted by molar-refractivity contribution is 0.0882. The molecule has 1 saturated heterocycles. The van der Waals surface area contributed by atoms with Crippen LogP contribution in [0.2, 0.25) is 0 Å². The van der Waals surface area contributed by atoms with Crippen molar-refractivity contribution in [2.75, 3.05) is 33.4 Å². The first-order chi connectivity index (χ1) is 15.2. The molecule has 31 heavy (non-hydrogen) atoms. The quantitative estimate of drug-likeness (QED) is 0.698. The summed E-state index contributed by atoms with van der Waals surface area (Å²) in [5, 5.41) is 3.45. The summed E-state index contributed by atoms with van der Waals surface area (Å²) in [5.74, 6) is 0.773. The molecule has 6 nitrogen and oxygen atoms in total. The molecule has 158 valence electrons. The standard InChI is InChI=1S/C25H25N3O3/c1-30-18-12-17(13-26-14-18)24-15-28(11-10-27-24)25(29)31-16-23-21-8-4-2-6-19(21)20-7-3-5-9-22(20)23/h2-9,12-14,23-24,27H,10-11,15-16H2,1H3. The summed E-state index contributed by atoms with van der Waals surface area (Å²) < 4.78 is 11.1. The largest absolute Gasteiger partial charge is 0.495 e. The maximum absolute atomic E-state index is 12.9. The summed E-state index contributed by atoms with van der Waals surface area (Å²) >= 11 is 0. The minimum Gasteiger partial charge on any atom is -0.495 e. The fourth-order valence-corrected chi connectivity index (χ4v) is 4.56. The van der Waals surface area contributed by atoms with Crippen molar-refractivity contribution in [3.63, 3.8) is 0 Å². The van der Waals surface area contributed by atoms with Crippen molar-refractivity contribution in [2.45, 2.75) is 12.0 Å². The number of pyridine rings is 1. The number of carbonyl (C=O) groups is 1. The number of ether oxygens (including phenoxy) is 2. The maximum atomic E-state index is 12.9. The van der Waals surface area contributed by atoms with Gasteiger partial charge in [0.2, 0.25) is 0 Å². The van der Waals surface area contributed by atoms with Crippen LogP contribution in [0.4, 0.5) is 4.79 Å². The van der Waals surface area contributed by atoms with Crippen molar-refractivity contribution in [3.8, 4) is 16.9 Å². The van der Waals surface area contributed by atoms with Gasteiger partial charge in [-0.3, -0.25) is 4.98 Å². The van der Waals surface area contributed by atoms with Gasteiger partial charge >= 0.3 is 6.09 Å². The van der Waals surface area contributed by atoms with Gasteiger partial charge < -0.3 is 19.7 Å². The molecule has 6 heteroatoms. The van der Waals surface area contributed by atoms with Crippen molar-refractivity contribution < 1.29 is 14.3 Å². The number of rotatable bonds is 4. The molecule has 2 aliphatic rings. The lowest BCUT2D eigenvalue weighted by Crippen LogP contribution is -2.48. The molecule has 1 amide bonds. The Balaban J connectivity index is 1.28.